The van der Waals surface area contributed by atoms with Crippen molar-refractivity contribution >= 4 is 11.6 Å². The number of hydrogen-bond acceptors (Lipinski definition) is 8. The van der Waals surface area contributed by atoms with E-state index in [2.05, 4.69) is 20.5 Å². The minimum absolute atomic E-state index is 0.294. The summed E-state index contributed by atoms with van der Waals surface area (Å²) in [5, 5.41) is 10.4. The highest BCUT2D eigenvalue weighted by atomic mass is 16.5. The molecule has 168 valence electrons. The summed E-state index contributed by atoms with van der Waals surface area (Å²) in [5.74, 6) is 2.21. The number of nitrogens with zero attached hydrogens (tertiary/aromatic N) is 3. The van der Waals surface area contributed by atoms with Gasteiger partial charge in [0.1, 0.15) is 28.7 Å². The van der Waals surface area contributed by atoms with E-state index in [-0.39, 0.29) is 5.91 Å². The van der Waals surface area contributed by atoms with Crippen molar-refractivity contribution in [1.82, 2.24) is 15.2 Å². The Morgan fingerprint density at radius 3 is 2.39 bits per heavy atom. The number of hydrogen-bond donors (Lipinski definition) is 1. The molecule has 2 aromatic heterocycles. The van der Waals surface area contributed by atoms with Crippen LogP contribution in [0.4, 0.5) is 5.69 Å². The summed E-state index contributed by atoms with van der Waals surface area (Å²) < 4.78 is 22.2. The normalized spacial score (nSPS) is 10.5. The standard InChI is InChI=1S/C24H22N4O5/c1-3-30-20-10-16(11-21(13-20)31-4-2)23(29)27-17-6-5-7-18(12-17)33-19-8-9-25-22(14-19)24-28-26-15-32-24/h5-15H,3-4H2,1-2H3,(H,27,29). The number of amides is 1. The van der Waals surface area contributed by atoms with E-state index in [1.165, 1.54) is 6.39 Å². The highest BCUT2D eigenvalue weighted by Gasteiger charge is 2.12. The van der Waals surface area contributed by atoms with Gasteiger partial charge in [0.05, 0.1) is 13.2 Å². The highest BCUT2D eigenvalue weighted by Crippen LogP contribution is 2.28. The van der Waals surface area contributed by atoms with Gasteiger partial charge in [0.25, 0.3) is 11.8 Å². The number of rotatable bonds is 9. The van der Waals surface area contributed by atoms with E-state index in [4.69, 9.17) is 18.6 Å². The maximum atomic E-state index is 12.9. The van der Waals surface area contributed by atoms with Gasteiger partial charge in [-0.2, -0.15) is 0 Å². The Labute approximate surface area is 190 Å². The van der Waals surface area contributed by atoms with Crippen LogP contribution in [0.15, 0.2) is 71.6 Å². The summed E-state index contributed by atoms with van der Waals surface area (Å²) in [6, 6.07) is 15.6. The number of benzene rings is 2. The van der Waals surface area contributed by atoms with Crippen LogP contribution in [0.2, 0.25) is 0 Å². The molecule has 0 fully saturated rings. The fourth-order valence-corrected chi connectivity index (χ4v) is 3.06. The van der Waals surface area contributed by atoms with Crippen LogP contribution < -0.4 is 19.5 Å². The predicted molar refractivity (Wildman–Crippen MR) is 121 cm³/mol. The third-order valence-corrected chi connectivity index (χ3v) is 4.40. The van der Waals surface area contributed by atoms with Gasteiger partial charge in [0, 0.05) is 35.6 Å². The number of carbonyl (C=O) groups excluding carboxylic acids is 1. The van der Waals surface area contributed by atoms with Crippen molar-refractivity contribution in [2.24, 2.45) is 0 Å². The quantitative estimate of drug-likeness (QED) is 0.384. The monoisotopic (exact) mass is 446 g/mol. The van der Waals surface area contributed by atoms with E-state index < -0.39 is 0 Å². The zero-order valence-corrected chi connectivity index (χ0v) is 18.1. The Bertz CT molecular complexity index is 1200. The van der Waals surface area contributed by atoms with Gasteiger partial charge in [-0.3, -0.25) is 9.78 Å². The van der Waals surface area contributed by atoms with Crippen molar-refractivity contribution in [2.75, 3.05) is 18.5 Å². The lowest BCUT2D eigenvalue weighted by atomic mass is 10.1. The first-order valence-electron chi connectivity index (χ1n) is 10.4. The van der Waals surface area contributed by atoms with Gasteiger partial charge in [0.15, 0.2) is 0 Å². The average Bonchev–Trinajstić information content (AvgIpc) is 3.35. The predicted octanol–water partition coefficient (Wildman–Crippen LogP) is 4.97. The van der Waals surface area contributed by atoms with Crippen molar-refractivity contribution in [1.29, 1.82) is 0 Å². The van der Waals surface area contributed by atoms with Crippen LogP contribution in [-0.4, -0.2) is 34.3 Å². The molecule has 33 heavy (non-hydrogen) atoms. The molecule has 1 amide bonds. The third kappa shape index (κ3) is 5.65. The molecule has 0 saturated heterocycles. The second-order valence-electron chi connectivity index (χ2n) is 6.76. The van der Waals surface area contributed by atoms with E-state index in [1.54, 1.807) is 60.8 Å². The Hall–Kier alpha value is -4.40. The van der Waals surface area contributed by atoms with Crippen LogP contribution in [0, 0.1) is 0 Å². The van der Waals surface area contributed by atoms with Crippen molar-refractivity contribution in [3.63, 3.8) is 0 Å². The first-order valence-corrected chi connectivity index (χ1v) is 10.4. The van der Waals surface area contributed by atoms with Gasteiger partial charge in [-0.25, -0.2) is 0 Å². The molecule has 4 rings (SSSR count). The van der Waals surface area contributed by atoms with Gasteiger partial charge >= 0.3 is 0 Å². The average molecular weight is 446 g/mol. The molecule has 2 aromatic carbocycles. The van der Waals surface area contributed by atoms with E-state index in [0.29, 0.717) is 59.0 Å². The van der Waals surface area contributed by atoms with Crippen LogP contribution in [0.1, 0.15) is 24.2 Å². The van der Waals surface area contributed by atoms with Crippen LogP contribution in [-0.2, 0) is 0 Å². The zero-order chi connectivity index (χ0) is 23.0. The van der Waals surface area contributed by atoms with Crippen LogP contribution in [0.5, 0.6) is 23.0 Å². The Morgan fingerprint density at radius 1 is 0.939 bits per heavy atom. The van der Waals surface area contributed by atoms with Crippen LogP contribution in [0.3, 0.4) is 0 Å². The lowest BCUT2D eigenvalue weighted by molar-refractivity contribution is 0.102. The molecule has 9 nitrogen and oxygen atoms in total. The fraction of sp³-hybridized carbons (Fsp3) is 0.167. The maximum Gasteiger partial charge on any atom is 0.266 e. The molecule has 4 aromatic rings. The maximum absolute atomic E-state index is 12.9. The van der Waals surface area contributed by atoms with Crippen LogP contribution >= 0.6 is 0 Å². The molecule has 2 heterocycles. The number of pyridine rings is 1. The Morgan fingerprint density at radius 2 is 1.70 bits per heavy atom. The van der Waals surface area contributed by atoms with E-state index in [0.717, 1.165) is 0 Å². The van der Waals surface area contributed by atoms with Crippen LogP contribution in [0.25, 0.3) is 11.6 Å². The van der Waals surface area contributed by atoms with Gasteiger partial charge in [-0.1, -0.05) is 6.07 Å². The number of ether oxygens (including phenoxy) is 3. The molecular weight excluding hydrogens is 424 g/mol. The second kappa shape index (κ2) is 10.3. The van der Waals surface area contributed by atoms with Crippen molar-refractivity contribution < 1.29 is 23.4 Å². The van der Waals surface area contributed by atoms with E-state index in [1.807, 2.05) is 13.8 Å². The minimum Gasteiger partial charge on any atom is -0.494 e. The highest BCUT2D eigenvalue weighted by molar-refractivity contribution is 6.04. The molecular formula is C24H22N4O5. The number of anilines is 1. The molecule has 0 bridgehead atoms. The molecule has 0 aliphatic heterocycles. The summed E-state index contributed by atoms with van der Waals surface area (Å²) in [7, 11) is 0. The molecule has 0 atom stereocenters. The minimum atomic E-state index is -0.294. The summed E-state index contributed by atoms with van der Waals surface area (Å²) in [5.41, 5.74) is 1.49. The largest absolute Gasteiger partial charge is 0.494 e. The third-order valence-electron chi connectivity index (χ3n) is 4.40. The Kier molecular flexibility index (Phi) is 6.79. The topological polar surface area (TPSA) is 109 Å². The van der Waals surface area contributed by atoms with Crippen molar-refractivity contribution in [2.45, 2.75) is 13.8 Å². The van der Waals surface area contributed by atoms with Crippen molar-refractivity contribution in [3.8, 4) is 34.6 Å². The van der Waals surface area contributed by atoms with E-state index >= 15 is 0 Å². The molecule has 0 aliphatic rings. The molecule has 0 unspecified atom stereocenters. The molecule has 0 saturated carbocycles. The SMILES string of the molecule is CCOc1cc(OCC)cc(C(=O)Nc2cccc(Oc3ccnc(-c4nnco4)c3)c2)c1. The number of carbonyl (C=O) groups is 1. The summed E-state index contributed by atoms with van der Waals surface area (Å²) in [6.45, 7) is 4.73. The van der Waals surface area contributed by atoms with Gasteiger partial charge in [-0.05, 0) is 44.2 Å². The number of aromatic nitrogens is 3. The molecule has 0 spiro atoms. The first kappa shape index (κ1) is 21.8. The van der Waals surface area contributed by atoms with Gasteiger partial charge in [0.2, 0.25) is 6.39 Å². The second-order valence-corrected chi connectivity index (χ2v) is 6.76. The van der Waals surface area contributed by atoms with Crippen molar-refractivity contribution in [3.05, 3.63) is 72.8 Å². The fourth-order valence-electron chi connectivity index (χ4n) is 3.06. The first-order chi connectivity index (χ1) is 16.1. The van der Waals surface area contributed by atoms with Gasteiger partial charge in [-0.15, -0.1) is 10.2 Å². The van der Waals surface area contributed by atoms with Gasteiger partial charge < -0.3 is 23.9 Å². The molecule has 0 radical (unpaired) electrons. The lowest BCUT2D eigenvalue weighted by Crippen LogP contribution is -2.12. The van der Waals surface area contributed by atoms with E-state index in [9.17, 15) is 4.79 Å². The lowest BCUT2D eigenvalue weighted by Gasteiger charge is -2.12. The summed E-state index contributed by atoms with van der Waals surface area (Å²) in [6.07, 6.45) is 2.82. The molecule has 9 heteroatoms. The number of nitrogens with one attached hydrogen (secondary N) is 1. The molecule has 0 aliphatic carbocycles. The summed E-state index contributed by atoms with van der Waals surface area (Å²) >= 11 is 0. The summed E-state index contributed by atoms with van der Waals surface area (Å²) in [4.78, 5) is 17.1. The molecule has 1 N–H and O–H groups in total. The zero-order valence-electron chi connectivity index (χ0n) is 18.1. The smallest absolute Gasteiger partial charge is 0.266 e. The Balaban J connectivity index is 1.49.